The van der Waals surface area contributed by atoms with Crippen molar-refractivity contribution in [1.29, 1.82) is 0 Å². The molecule has 1 heterocycles. The maximum Gasteiger partial charge on any atom is 0.237 e. The zero-order valence-electron chi connectivity index (χ0n) is 9.19. The Morgan fingerprint density at radius 1 is 1.47 bits per heavy atom. The van der Waals surface area contributed by atoms with E-state index in [1.807, 2.05) is 0 Å². The molecule has 88 valence electrons. The molecule has 5 nitrogen and oxygen atoms in total. The number of carbonyl (C=O) groups is 1. The molecule has 0 atom stereocenters. The normalized spacial score (nSPS) is 21.8. The second-order valence-corrected chi connectivity index (χ2v) is 6.37. The van der Waals surface area contributed by atoms with Crippen LogP contribution in [0.25, 0.3) is 0 Å². The van der Waals surface area contributed by atoms with E-state index in [0.717, 1.165) is 4.31 Å². The third-order valence-corrected chi connectivity index (χ3v) is 4.66. The second-order valence-electron chi connectivity index (χ2n) is 4.43. The Morgan fingerprint density at radius 3 is 2.53 bits per heavy atom. The highest BCUT2D eigenvalue weighted by Crippen LogP contribution is 2.27. The minimum absolute atomic E-state index is 0.0622. The van der Waals surface area contributed by atoms with Crippen LogP contribution in [0.4, 0.5) is 0 Å². The van der Waals surface area contributed by atoms with Crippen LogP contribution in [-0.4, -0.2) is 36.5 Å². The van der Waals surface area contributed by atoms with Crippen LogP contribution in [0.3, 0.4) is 0 Å². The molecule has 1 saturated heterocycles. The van der Waals surface area contributed by atoms with Crippen molar-refractivity contribution in [2.45, 2.75) is 38.6 Å². The quantitative estimate of drug-likeness (QED) is 0.749. The van der Waals surface area contributed by atoms with Crippen LogP contribution < -0.4 is 5.73 Å². The predicted octanol–water partition coefficient (Wildman–Crippen LogP) is 0.0660. The molecule has 1 fully saturated rings. The van der Waals surface area contributed by atoms with Gasteiger partial charge in [-0.25, -0.2) is 12.7 Å². The Morgan fingerprint density at radius 2 is 2.07 bits per heavy atom. The van der Waals surface area contributed by atoms with E-state index in [4.69, 9.17) is 5.73 Å². The van der Waals surface area contributed by atoms with Gasteiger partial charge in [-0.15, -0.1) is 0 Å². The topological polar surface area (TPSA) is 80.5 Å². The summed E-state index contributed by atoms with van der Waals surface area (Å²) >= 11 is 0. The average Bonchev–Trinajstić information content (AvgIpc) is 2.00. The first kappa shape index (κ1) is 12.4. The van der Waals surface area contributed by atoms with Crippen molar-refractivity contribution in [2.24, 2.45) is 5.73 Å². The van der Waals surface area contributed by atoms with Gasteiger partial charge >= 0.3 is 0 Å². The minimum atomic E-state index is -3.42. The minimum Gasteiger partial charge on any atom is -0.330 e. The molecule has 0 aromatic rings. The molecule has 0 aromatic carbocycles. The van der Waals surface area contributed by atoms with Gasteiger partial charge in [0.15, 0.2) is 0 Å². The number of sulfonamides is 1. The first-order valence-corrected chi connectivity index (χ1v) is 6.68. The van der Waals surface area contributed by atoms with Crippen LogP contribution >= 0.6 is 0 Å². The van der Waals surface area contributed by atoms with Gasteiger partial charge in [-0.3, -0.25) is 4.79 Å². The van der Waals surface area contributed by atoms with Gasteiger partial charge in [0, 0.05) is 6.42 Å². The molecule has 0 unspecified atom stereocenters. The van der Waals surface area contributed by atoms with Crippen molar-refractivity contribution >= 4 is 15.9 Å². The molecule has 2 N–H and O–H groups in total. The largest absolute Gasteiger partial charge is 0.330 e. The first-order valence-electron chi connectivity index (χ1n) is 5.07. The standard InChI is InChI=1S/C9H18N2O3S/c1-9(2,5-6-10)11-8(12)4-3-7-15(11,13)14/h3-7,10H2,1-2H3. The van der Waals surface area contributed by atoms with Gasteiger partial charge in [0.2, 0.25) is 15.9 Å². The molecule has 0 aromatic heterocycles. The van der Waals surface area contributed by atoms with Crippen molar-refractivity contribution in [2.75, 3.05) is 12.3 Å². The van der Waals surface area contributed by atoms with Gasteiger partial charge in [0.25, 0.3) is 0 Å². The fourth-order valence-corrected chi connectivity index (χ4v) is 3.86. The number of rotatable bonds is 3. The number of nitrogens with two attached hydrogens (primary N) is 1. The van der Waals surface area contributed by atoms with Crippen molar-refractivity contribution in [3.63, 3.8) is 0 Å². The van der Waals surface area contributed by atoms with Crippen molar-refractivity contribution < 1.29 is 13.2 Å². The van der Waals surface area contributed by atoms with Crippen molar-refractivity contribution in [3.05, 3.63) is 0 Å². The summed E-state index contributed by atoms with van der Waals surface area (Å²) in [4.78, 5) is 11.6. The Kier molecular flexibility index (Phi) is 3.40. The van der Waals surface area contributed by atoms with Crippen LogP contribution in [0.2, 0.25) is 0 Å². The fourth-order valence-electron chi connectivity index (χ4n) is 1.92. The predicted molar refractivity (Wildman–Crippen MR) is 57.6 cm³/mol. The summed E-state index contributed by atoms with van der Waals surface area (Å²) in [6, 6.07) is 0. The lowest BCUT2D eigenvalue weighted by atomic mass is 10.0. The number of nitrogens with zero attached hydrogens (tertiary/aromatic N) is 1. The highest BCUT2D eigenvalue weighted by molar-refractivity contribution is 7.89. The van der Waals surface area contributed by atoms with Gasteiger partial charge in [0.05, 0.1) is 11.3 Å². The molecule has 1 aliphatic heterocycles. The van der Waals surface area contributed by atoms with E-state index < -0.39 is 15.6 Å². The van der Waals surface area contributed by atoms with E-state index in [2.05, 4.69) is 0 Å². The SMILES string of the molecule is CC(C)(CCN)N1C(=O)CCCS1(=O)=O. The highest BCUT2D eigenvalue weighted by atomic mass is 32.2. The zero-order valence-corrected chi connectivity index (χ0v) is 10.0. The summed E-state index contributed by atoms with van der Waals surface area (Å²) < 4.78 is 24.6. The molecule has 6 heteroatoms. The number of amides is 1. The first-order chi connectivity index (χ1) is 6.81. The molecule has 1 amide bonds. The van der Waals surface area contributed by atoms with E-state index >= 15 is 0 Å². The lowest BCUT2D eigenvalue weighted by molar-refractivity contribution is -0.130. The van der Waals surface area contributed by atoms with E-state index in [1.165, 1.54) is 0 Å². The highest BCUT2D eigenvalue weighted by Gasteiger charge is 2.41. The average molecular weight is 234 g/mol. The fraction of sp³-hybridized carbons (Fsp3) is 0.889. The Labute approximate surface area is 90.7 Å². The molecule has 1 rings (SSSR count). The molecule has 1 aliphatic rings. The van der Waals surface area contributed by atoms with Crippen LogP contribution in [0.5, 0.6) is 0 Å². The molecule has 15 heavy (non-hydrogen) atoms. The maximum atomic E-state index is 11.8. The molecule has 0 bridgehead atoms. The monoisotopic (exact) mass is 234 g/mol. The van der Waals surface area contributed by atoms with Crippen molar-refractivity contribution in [1.82, 2.24) is 4.31 Å². The summed E-state index contributed by atoms with van der Waals surface area (Å²) in [6.07, 6.45) is 1.22. The van der Waals surface area contributed by atoms with Gasteiger partial charge in [-0.2, -0.15) is 0 Å². The Bertz CT molecular complexity index is 348. The summed E-state index contributed by atoms with van der Waals surface area (Å²) in [7, 11) is -3.42. The second kappa shape index (κ2) is 4.09. The molecule has 0 aliphatic carbocycles. The lowest BCUT2D eigenvalue weighted by Crippen LogP contribution is -2.54. The molecule has 0 spiro atoms. The number of hydrogen-bond donors (Lipinski definition) is 1. The third-order valence-electron chi connectivity index (χ3n) is 2.60. The summed E-state index contributed by atoms with van der Waals surface area (Å²) in [5.41, 5.74) is 4.72. The Balaban J connectivity index is 3.03. The van der Waals surface area contributed by atoms with E-state index in [1.54, 1.807) is 13.8 Å². The Hall–Kier alpha value is -0.620. The third kappa shape index (κ3) is 2.49. The zero-order chi connectivity index (χ0) is 11.7. The molecular formula is C9H18N2O3S. The molecule has 0 radical (unpaired) electrons. The number of carbonyl (C=O) groups excluding carboxylic acids is 1. The van der Waals surface area contributed by atoms with E-state index in [9.17, 15) is 13.2 Å². The van der Waals surface area contributed by atoms with Crippen LogP contribution in [0.15, 0.2) is 0 Å². The summed E-state index contributed by atoms with van der Waals surface area (Å²) in [6.45, 7) is 3.84. The van der Waals surface area contributed by atoms with Gasteiger partial charge in [0.1, 0.15) is 0 Å². The summed E-state index contributed by atoms with van der Waals surface area (Å²) in [5.74, 6) is -0.244. The van der Waals surface area contributed by atoms with Gasteiger partial charge in [-0.05, 0) is 33.2 Å². The maximum absolute atomic E-state index is 11.8. The number of hydrogen-bond acceptors (Lipinski definition) is 4. The lowest BCUT2D eigenvalue weighted by Gasteiger charge is -2.39. The van der Waals surface area contributed by atoms with Gasteiger partial charge in [-0.1, -0.05) is 0 Å². The summed E-state index contributed by atoms with van der Waals surface area (Å²) in [5, 5.41) is 0. The van der Waals surface area contributed by atoms with E-state index in [-0.39, 0.29) is 11.7 Å². The van der Waals surface area contributed by atoms with Crippen LogP contribution in [0, 0.1) is 0 Å². The molecular weight excluding hydrogens is 216 g/mol. The van der Waals surface area contributed by atoms with Gasteiger partial charge < -0.3 is 5.73 Å². The van der Waals surface area contributed by atoms with Crippen molar-refractivity contribution in [3.8, 4) is 0 Å². The molecule has 0 saturated carbocycles. The van der Waals surface area contributed by atoms with Crippen LogP contribution in [-0.2, 0) is 14.8 Å². The van der Waals surface area contributed by atoms with E-state index in [0.29, 0.717) is 25.8 Å². The van der Waals surface area contributed by atoms with Crippen LogP contribution in [0.1, 0.15) is 33.1 Å². The smallest absolute Gasteiger partial charge is 0.237 e.